The molecule has 0 fully saturated rings. The summed E-state index contributed by atoms with van der Waals surface area (Å²) in [5.41, 5.74) is 1.14. The molecule has 1 nitrogen and oxygen atoms in total. The van der Waals surface area contributed by atoms with Crippen molar-refractivity contribution in [3.8, 4) is 12.5 Å². The van der Waals surface area contributed by atoms with Crippen molar-refractivity contribution in [2.24, 2.45) is 0 Å². The fraction of sp³-hybridized carbons (Fsp3) is 0.600. The Bertz CT molecular complexity index is 181. The van der Waals surface area contributed by atoms with Crippen molar-refractivity contribution in [1.29, 1.82) is 0 Å². The van der Waals surface area contributed by atoms with Crippen molar-refractivity contribution in [2.45, 2.75) is 19.4 Å². The molecule has 0 aliphatic heterocycles. The minimum absolute atomic E-state index is 0.336. The molecule has 0 aliphatic rings. The first-order valence-electron chi connectivity index (χ1n) is 3.97. The highest BCUT2D eigenvalue weighted by Gasteiger charge is 2.11. The van der Waals surface area contributed by atoms with Crippen LogP contribution in [0.15, 0.2) is 12.2 Å². The lowest BCUT2D eigenvalue weighted by Gasteiger charge is -2.24. The zero-order valence-corrected chi connectivity index (χ0v) is 8.95. The van der Waals surface area contributed by atoms with Gasteiger partial charge < -0.3 is 4.90 Å². The van der Waals surface area contributed by atoms with Crippen molar-refractivity contribution < 1.29 is 0 Å². The van der Waals surface area contributed by atoms with Crippen LogP contribution in [0.4, 0.5) is 0 Å². The number of terminal acetylenes is 1. The summed E-state index contributed by atoms with van der Waals surface area (Å²) < 4.78 is 0. The first-order valence-corrected chi connectivity index (χ1v) is 5.36. The molecule has 68 valence electrons. The van der Waals surface area contributed by atoms with E-state index >= 15 is 0 Å². The molecule has 0 unspecified atom stereocenters. The maximum Gasteiger partial charge on any atom is 0.0579 e. The van der Waals surface area contributed by atoms with Crippen LogP contribution in [-0.4, -0.2) is 30.0 Å². The van der Waals surface area contributed by atoms with Crippen LogP contribution in [0.3, 0.4) is 0 Å². The Hall–Kier alpha value is -0.550. The molecule has 0 radical (unpaired) electrons. The lowest BCUT2D eigenvalue weighted by Crippen LogP contribution is -2.28. The maximum atomic E-state index is 5.31. The number of rotatable bonds is 5. The minimum atomic E-state index is 0.336. The molecule has 2 heteroatoms. The zero-order chi connectivity index (χ0) is 9.56. The summed E-state index contributed by atoms with van der Waals surface area (Å²) in [6.45, 7) is 5.96. The molecule has 0 saturated heterocycles. The van der Waals surface area contributed by atoms with Gasteiger partial charge in [0, 0.05) is 13.1 Å². The normalized spacial score (nSPS) is 11.8. The van der Waals surface area contributed by atoms with Gasteiger partial charge in [-0.05, 0) is 25.4 Å². The lowest BCUT2D eigenvalue weighted by atomic mass is 10.1. The van der Waals surface area contributed by atoms with Gasteiger partial charge in [0.2, 0.25) is 0 Å². The second-order valence-electron chi connectivity index (χ2n) is 2.88. The molecular formula is C10H17NS. The predicted molar refractivity (Wildman–Crippen MR) is 58.2 cm³/mol. The van der Waals surface area contributed by atoms with E-state index in [1.807, 2.05) is 30.6 Å². The molecule has 0 rings (SSSR count). The van der Waals surface area contributed by atoms with E-state index < -0.39 is 0 Å². The summed E-state index contributed by atoms with van der Waals surface area (Å²) in [7, 11) is 1.93. The first kappa shape index (κ1) is 11.4. The Labute approximate surface area is 80.2 Å². The monoisotopic (exact) mass is 183 g/mol. The number of hydrogen-bond acceptors (Lipinski definition) is 2. The number of nitrogens with zero attached hydrogens (tertiary/aromatic N) is 1. The van der Waals surface area contributed by atoms with Crippen molar-refractivity contribution in [3.63, 3.8) is 0 Å². The topological polar surface area (TPSA) is 3.24 Å². The molecule has 0 heterocycles. The average molecular weight is 183 g/mol. The fourth-order valence-electron chi connectivity index (χ4n) is 1.09. The predicted octanol–water partition coefficient (Wildman–Crippen LogP) is 2.21. The third kappa shape index (κ3) is 3.73. The number of thioether (sulfide) groups is 1. The van der Waals surface area contributed by atoms with Gasteiger partial charge >= 0.3 is 0 Å². The quantitative estimate of drug-likeness (QED) is 0.365. The van der Waals surface area contributed by atoms with Crippen LogP contribution < -0.4 is 0 Å². The number of hydrogen-bond donors (Lipinski definition) is 0. The molecule has 0 bridgehead atoms. The van der Waals surface area contributed by atoms with E-state index in [0.29, 0.717) is 6.04 Å². The summed E-state index contributed by atoms with van der Waals surface area (Å²) in [5, 5.41) is 0. The molecule has 0 N–H and O–H groups in total. The largest absolute Gasteiger partial charge is 0.329 e. The minimum Gasteiger partial charge on any atom is -0.329 e. The SMILES string of the molecule is C#CN(C)[C@@H](CCSC)C(=C)C. The Balaban J connectivity index is 4.06. The Morgan fingerprint density at radius 1 is 1.75 bits per heavy atom. The lowest BCUT2D eigenvalue weighted by molar-refractivity contribution is 0.384. The van der Waals surface area contributed by atoms with Gasteiger partial charge in [0.25, 0.3) is 0 Å². The Morgan fingerprint density at radius 2 is 2.33 bits per heavy atom. The summed E-state index contributed by atoms with van der Waals surface area (Å²) in [6.07, 6.45) is 8.49. The number of likely N-dealkylation sites (N-methyl/N-ethyl adjacent to an activating group) is 1. The van der Waals surface area contributed by atoms with Gasteiger partial charge in [-0.1, -0.05) is 18.6 Å². The first-order chi connectivity index (χ1) is 5.63. The molecule has 0 spiro atoms. The molecule has 1 atom stereocenters. The van der Waals surface area contributed by atoms with Crippen LogP contribution in [-0.2, 0) is 0 Å². The average Bonchev–Trinajstić information content (AvgIpc) is 2.04. The van der Waals surface area contributed by atoms with Crippen molar-refractivity contribution in [1.82, 2.24) is 4.90 Å². The van der Waals surface area contributed by atoms with Gasteiger partial charge in [0.1, 0.15) is 0 Å². The van der Waals surface area contributed by atoms with E-state index in [4.69, 9.17) is 6.42 Å². The van der Waals surface area contributed by atoms with Crippen LogP contribution in [0.2, 0.25) is 0 Å². The van der Waals surface area contributed by atoms with Gasteiger partial charge in [-0.15, -0.1) is 0 Å². The van der Waals surface area contributed by atoms with Crippen molar-refractivity contribution in [2.75, 3.05) is 19.1 Å². The summed E-state index contributed by atoms with van der Waals surface area (Å²) >= 11 is 1.84. The highest BCUT2D eigenvalue weighted by atomic mass is 32.2. The van der Waals surface area contributed by atoms with Crippen LogP contribution in [0.25, 0.3) is 0 Å². The molecule has 0 saturated carbocycles. The van der Waals surface area contributed by atoms with Crippen molar-refractivity contribution >= 4 is 11.8 Å². The van der Waals surface area contributed by atoms with Gasteiger partial charge in [-0.25, -0.2) is 0 Å². The highest BCUT2D eigenvalue weighted by molar-refractivity contribution is 7.98. The summed E-state index contributed by atoms with van der Waals surface area (Å²) in [4.78, 5) is 1.89. The van der Waals surface area contributed by atoms with E-state index in [9.17, 15) is 0 Å². The van der Waals surface area contributed by atoms with E-state index in [1.165, 1.54) is 0 Å². The molecule has 0 amide bonds. The smallest absolute Gasteiger partial charge is 0.0579 e. The fourth-order valence-corrected chi connectivity index (χ4v) is 1.55. The molecule has 12 heavy (non-hydrogen) atoms. The third-order valence-electron chi connectivity index (χ3n) is 1.84. The van der Waals surface area contributed by atoms with E-state index in [2.05, 4.69) is 18.9 Å². The Kier molecular flexibility index (Phi) is 5.74. The van der Waals surface area contributed by atoms with Gasteiger partial charge in [-0.2, -0.15) is 11.8 Å². The second kappa shape index (κ2) is 6.02. The van der Waals surface area contributed by atoms with Crippen LogP contribution in [0, 0.1) is 12.5 Å². The van der Waals surface area contributed by atoms with Gasteiger partial charge in [-0.3, -0.25) is 0 Å². The molecular weight excluding hydrogens is 166 g/mol. The molecule has 0 aromatic rings. The summed E-state index contributed by atoms with van der Waals surface area (Å²) in [5.74, 6) is 1.13. The van der Waals surface area contributed by atoms with Crippen LogP contribution in [0.5, 0.6) is 0 Å². The summed E-state index contributed by atoms with van der Waals surface area (Å²) in [6, 6.07) is 2.95. The van der Waals surface area contributed by atoms with Crippen LogP contribution in [0.1, 0.15) is 13.3 Å². The molecule has 0 aromatic carbocycles. The standard InChI is InChI=1S/C10H17NS/c1-6-11(4)10(9(2)3)7-8-12-5/h1,10H,2,7-8H2,3-5H3/t10-/m0/s1. The van der Waals surface area contributed by atoms with Crippen LogP contribution >= 0.6 is 11.8 Å². The Morgan fingerprint density at radius 3 is 2.67 bits per heavy atom. The van der Waals surface area contributed by atoms with Crippen molar-refractivity contribution in [3.05, 3.63) is 12.2 Å². The third-order valence-corrected chi connectivity index (χ3v) is 2.48. The zero-order valence-electron chi connectivity index (χ0n) is 8.13. The van der Waals surface area contributed by atoms with Gasteiger partial charge in [0.05, 0.1) is 6.04 Å². The van der Waals surface area contributed by atoms with E-state index in [-0.39, 0.29) is 0 Å². The van der Waals surface area contributed by atoms with Gasteiger partial charge in [0.15, 0.2) is 0 Å². The molecule has 0 aromatic heterocycles. The van der Waals surface area contributed by atoms with E-state index in [0.717, 1.165) is 17.7 Å². The highest BCUT2D eigenvalue weighted by Crippen LogP contribution is 2.12. The van der Waals surface area contributed by atoms with E-state index in [1.54, 1.807) is 0 Å². The molecule has 0 aliphatic carbocycles. The maximum absolute atomic E-state index is 5.31. The second-order valence-corrected chi connectivity index (χ2v) is 3.87.